The summed E-state index contributed by atoms with van der Waals surface area (Å²) in [5.41, 5.74) is 0.513. The summed E-state index contributed by atoms with van der Waals surface area (Å²) in [4.78, 5) is 33.3. The Hall–Kier alpha value is -2.34. The van der Waals surface area contributed by atoms with Gasteiger partial charge in [0.05, 0.1) is 13.7 Å². The predicted molar refractivity (Wildman–Crippen MR) is 84.6 cm³/mol. The summed E-state index contributed by atoms with van der Waals surface area (Å²) in [5, 5.41) is 9.50. The zero-order valence-electron chi connectivity index (χ0n) is 13.0. The number of phenols is 1. The van der Waals surface area contributed by atoms with Gasteiger partial charge < -0.3 is 14.6 Å². The Morgan fingerprint density at radius 1 is 1.35 bits per heavy atom. The van der Waals surface area contributed by atoms with Crippen LogP contribution in [0.15, 0.2) is 24.3 Å². The first-order valence-corrected chi connectivity index (χ1v) is 7.11. The largest absolute Gasteiger partial charge is 0.504 e. The van der Waals surface area contributed by atoms with Crippen LogP contribution in [-0.2, 0) is 19.1 Å². The zero-order valence-corrected chi connectivity index (χ0v) is 13.7. The molecule has 0 aromatic heterocycles. The minimum Gasteiger partial charge on any atom is -0.504 e. The fourth-order valence-corrected chi connectivity index (χ4v) is 1.85. The molecule has 1 aromatic rings. The Balaban J connectivity index is 3.08. The van der Waals surface area contributed by atoms with Gasteiger partial charge in [-0.3, -0.25) is 9.59 Å². The number of aromatic hydroxyl groups is 1. The lowest BCUT2D eigenvalue weighted by atomic mass is 9.97. The van der Waals surface area contributed by atoms with Gasteiger partial charge in [-0.15, -0.1) is 0 Å². The topological polar surface area (TPSA) is 89.9 Å². The van der Waals surface area contributed by atoms with E-state index in [9.17, 15) is 19.5 Å². The van der Waals surface area contributed by atoms with Gasteiger partial charge in [-0.1, -0.05) is 23.7 Å². The third-order valence-corrected chi connectivity index (χ3v) is 3.62. The Labute approximate surface area is 138 Å². The Bertz CT molecular complexity index is 652. The lowest BCUT2D eigenvalue weighted by Crippen LogP contribution is -2.47. The number of rotatable bonds is 7. The van der Waals surface area contributed by atoms with Crippen molar-refractivity contribution in [1.82, 2.24) is 0 Å². The Morgan fingerprint density at radius 2 is 2.00 bits per heavy atom. The van der Waals surface area contributed by atoms with E-state index in [0.29, 0.717) is 5.56 Å². The number of hydrogen-bond donors (Lipinski definition) is 1. The average Bonchev–Trinajstić information content (AvgIpc) is 2.52. The third-order valence-electron chi connectivity index (χ3n) is 3.01. The van der Waals surface area contributed by atoms with Crippen LogP contribution in [0.1, 0.15) is 19.4 Å². The zero-order chi connectivity index (χ0) is 17.6. The molecule has 1 N–H and O–H groups in total. The van der Waals surface area contributed by atoms with E-state index >= 15 is 0 Å². The molecule has 0 bridgehead atoms. The summed E-state index contributed by atoms with van der Waals surface area (Å²) >= 11 is 5.91. The summed E-state index contributed by atoms with van der Waals surface area (Å²) in [6.45, 7) is 2.57. The number of carbonyl (C=O) groups is 3. The summed E-state index contributed by atoms with van der Waals surface area (Å²) in [6, 6.07) is 4.39. The molecule has 1 unspecified atom stereocenters. The van der Waals surface area contributed by atoms with Crippen molar-refractivity contribution >= 4 is 35.2 Å². The number of phenolic OH excluding ortho intramolecular Hbond substituents is 1. The predicted octanol–water partition coefficient (Wildman–Crippen LogP) is 2.11. The molecule has 0 spiro atoms. The quantitative estimate of drug-likeness (QED) is 0.354. The second-order valence-corrected chi connectivity index (χ2v) is 5.13. The molecule has 7 heteroatoms. The van der Waals surface area contributed by atoms with Crippen LogP contribution in [0.4, 0.5) is 0 Å². The van der Waals surface area contributed by atoms with Crippen molar-refractivity contribution in [3.63, 3.8) is 0 Å². The molecule has 0 saturated carbocycles. The van der Waals surface area contributed by atoms with Crippen LogP contribution in [0, 0.1) is 0 Å². The Kier molecular flexibility index (Phi) is 6.33. The van der Waals surface area contributed by atoms with Crippen LogP contribution >= 0.6 is 11.6 Å². The van der Waals surface area contributed by atoms with Gasteiger partial charge in [0.1, 0.15) is 0 Å². The first-order chi connectivity index (χ1) is 10.8. The minimum absolute atomic E-state index is 0.00720. The van der Waals surface area contributed by atoms with Crippen molar-refractivity contribution in [2.24, 2.45) is 0 Å². The molecule has 1 rings (SSSR count). The van der Waals surface area contributed by atoms with Crippen LogP contribution in [0.2, 0.25) is 0 Å². The second kappa shape index (κ2) is 7.78. The molecule has 124 valence electrons. The molecular weight excluding hydrogens is 324 g/mol. The SMILES string of the molecule is CCOC(=O)C(Cl)(C(C)=O)C(=O)/C=C/c1ccc(O)c(OC)c1. The number of allylic oxidation sites excluding steroid dienone is 1. The fraction of sp³-hybridized carbons (Fsp3) is 0.312. The number of Topliss-reactive ketones (excluding diaryl/α,β-unsaturated/α-hetero) is 1. The van der Waals surface area contributed by atoms with E-state index in [4.69, 9.17) is 21.1 Å². The maximum Gasteiger partial charge on any atom is 0.343 e. The Morgan fingerprint density at radius 3 is 2.52 bits per heavy atom. The van der Waals surface area contributed by atoms with E-state index in [1.165, 1.54) is 31.4 Å². The van der Waals surface area contributed by atoms with Crippen LogP contribution in [-0.4, -0.2) is 41.2 Å². The highest BCUT2D eigenvalue weighted by atomic mass is 35.5. The second-order valence-electron chi connectivity index (χ2n) is 4.56. The van der Waals surface area contributed by atoms with Gasteiger partial charge in [-0.05, 0) is 37.6 Å². The first kappa shape index (κ1) is 18.7. The fourth-order valence-electron chi connectivity index (χ4n) is 1.73. The van der Waals surface area contributed by atoms with Crippen molar-refractivity contribution in [1.29, 1.82) is 0 Å². The molecule has 0 aliphatic heterocycles. The number of ketones is 2. The summed E-state index contributed by atoms with van der Waals surface area (Å²) < 4.78 is 9.64. The molecule has 0 amide bonds. The highest BCUT2D eigenvalue weighted by Gasteiger charge is 2.49. The molecule has 1 atom stereocenters. The molecule has 1 aromatic carbocycles. The summed E-state index contributed by atoms with van der Waals surface area (Å²) in [6.07, 6.45) is 2.36. The molecule has 0 radical (unpaired) electrons. The van der Waals surface area contributed by atoms with Gasteiger partial charge in [0.2, 0.25) is 0 Å². The monoisotopic (exact) mass is 340 g/mol. The average molecular weight is 341 g/mol. The van der Waals surface area contributed by atoms with Crippen LogP contribution in [0.3, 0.4) is 0 Å². The van der Waals surface area contributed by atoms with Gasteiger partial charge in [0.25, 0.3) is 4.87 Å². The van der Waals surface area contributed by atoms with Gasteiger partial charge in [0, 0.05) is 0 Å². The lowest BCUT2D eigenvalue weighted by Gasteiger charge is -2.18. The van der Waals surface area contributed by atoms with Crippen molar-refractivity contribution in [3.8, 4) is 11.5 Å². The molecule has 0 saturated heterocycles. The van der Waals surface area contributed by atoms with E-state index in [1.807, 2.05) is 0 Å². The van der Waals surface area contributed by atoms with Gasteiger partial charge >= 0.3 is 5.97 Å². The number of halogens is 1. The van der Waals surface area contributed by atoms with E-state index in [1.54, 1.807) is 6.92 Å². The highest BCUT2D eigenvalue weighted by Crippen LogP contribution is 2.27. The van der Waals surface area contributed by atoms with Crippen LogP contribution in [0.5, 0.6) is 11.5 Å². The number of benzene rings is 1. The number of carbonyl (C=O) groups excluding carboxylic acids is 3. The molecule has 0 fully saturated rings. The van der Waals surface area contributed by atoms with Crippen molar-refractivity contribution < 1.29 is 29.0 Å². The number of hydrogen-bond acceptors (Lipinski definition) is 6. The number of methoxy groups -OCH3 is 1. The third kappa shape index (κ3) is 4.10. The molecule has 0 aliphatic carbocycles. The lowest BCUT2D eigenvalue weighted by molar-refractivity contribution is -0.151. The number of ether oxygens (including phenoxy) is 2. The van der Waals surface area contributed by atoms with E-state index in [0.717, 1.165) is 13.0 Å². The minimum atomic E-state index is -2.40. The normalized spacial score (nSPS) is 13.4. The molecule has 6 nitrogen and oxygen atoms in total. The van der Waals surface area contributed by atoms with Gasteiger partial charge in [-0.2, -0.15) is 0 Å². The number of esters is 1. The molecule has 23 heavy (non-hydrogen) atoms. The van der Waals surface area contributed by atoms with Crippen molar-refractivity contribution in [2.45, 2.75) is 18.7 Å². The molecule has 0 aliphatic rings. The standard InChI is InChI=1S/C16H17ClO6/c1-4-23-15(21)16(17,10(2)18)14(20)8-6-11-5-7-12(19)13(9-11)22-3/h5-9,19H,4H2,1-3H3/b8-6+. The van der Waals surface area contributed by atoms with E-state index in [-0.39, 0.29) is 18.1 Å². The number of alkyl halides is 1. The maximum absolute atomic E-state index is 12.2. The van der Waals surface area contributed by atoms with Crippen LogP contribution < -0.4 is 4.74 Å². The molecule has 0 heterocycles. The van der Waals surface area contributed by atoms with Crippen LogP contribution in [0.25, 0.3) is 6.08 Å². The maximum atomic E-state index is 12.2. The van der Waals surface area contributed by atoms with Crippen molar-refractivity contribution in [3.05, 3.63) is 29.8 Å². The van der Waals surface area contributed by atoms with Gasteiger partial charge in [0.15, 0.2) is 23.1 Å². The van der Waals surface area contributed by atoms with E-state index in [2.05, 4.69) is 0 Å². The summed E-state index contributed by atoms with van der Waals surface area (Å²) in [7, 11) is 1.38. The highest BCUT2D eigenvalue weighted by molar-refractivity contribution is 6.58. The van der Waals surface area contributed by atoms with Crippen molar-refractivity contribution in [2.75, 3.05) is 13.7 Å². The van der Waals surface area contributed by atoms with Gasteiger partial charge in [-0.25, -0.2) is 4.79 Å². The molecular formula is C16H17ClO6. The smallest absolute Gasteiger partial charge is 0.343 e. The first-order valence-electron chi connectivity index (χ1n) is 6.74. The summed E-state index contributed by atoms with van der Waals surface area (Å²) in [5.74, 6) is -2.67. The van der Waals surface area contributed by atoms with E-state index < -0.39 is 22.4 Å².